The third kappa shape index (κ3) is 1.66. The third-order valence-corrected chi connectivity index (χ3v) is 2.33. The quantitative estimate of drug-likeness (QED) is 0.832. The third-order valence-electron chi connectivity index (χ3n) is 2.33. The molecule has 0 aromatic heterocycles. The van der Waals surface area contributed by atoms with Crippen molar-refractivity contribution < 1.29 is 9.68 Å². The first kappa shape index (κ1) is 9.06. The summed E-state index contributed by atoms with van der Waals surface area (Å²) in [6.45, 7) is 0. The van der Waals surface area contributed by atoms with E-state index in [0.717, 1.165) is 11.1 Å². The molecule has 0 spiro atoms. The normalized spacial score (nSPS) is 14.1. The predicted octanol–water partition coefficient (Wildman–Crippen LogP) is 2.36. The average Bonchev–Trinajstić information content (AvgIpc) is 2.82. The zero-order valence-electron chi connectivity index (χ0n) is 8.46. The van der Waals surface area contributed by atoms with Gasteiger partial charge in [-0.1, -0.05) is 30.3 Å². The zero-order chi connectivity index (χ0) is 10.8. The Labute approximate surface area is 92.6 Å². The Morgan fingerprint density at radius 3 is 2.75 bits per heavy atom. The molecular formula is C12H10N2O2. The molecule has 0 fully saturated rings. The first-order valence-electron chi connectivity index (χ1n) is 4.96. The Bertz CT molecular complexity index is 539. The summed E-state index contributed by atoms with van der Waals surface area (Å²) in [6, 6.07) is 14.0. The van der Waals surface area contributed by atoms with Gasteiger partial charge in [0, 0.05) is 0 Å². The lowest BCUT2D eigenvalue weighted by Gasteiger charge is -2.14. The Balaban J connectivity index is 1.89. The van der Waals surface area contributed by atoms with Gasteiger partial charge < -0.3 is 9.68 Å². The molecule has 0 amide bonds. The largest absolute Gasteiger partial charge is 0.392 e. The van der Waals surface area contributed by atoms with Crippen LogP contribution in [0.4, 0.5) is 0 Å². The highest BCUT2D eigenvalue weighted by atomic mass is 16.8. The number of nitrogens with zero attached hydrogens (tertiary/aromatic N) is 1. The number of fused-ring (bicyclic) bond motifs is 1. The molecule has 0 aliphatic carbocycles. The molecule has 2 aromatic rings. The van der Waals surface area contributed by atoms with Gasteiger partial charge in [0.25, 0.3) is 0 Å². The molecular weight excluding hydrogens is 204 g/mol. The molecule has 1 aliphatic rings. The Kier molecular flexibility index (Phi) is 2.12. The molecule has 16 heavy (non-hydrogen) atoms. The summed E-state index contributed by atoms with van der Waals surface area (Å²) in [5.41, 5.74) is 2.55. The monoisotopic (exact) mass is 214 g/mol. The van der Waals surface area contributed by atoms with Gasteiger partial charge in [0.1, 0.15) is 6.26 Å². The van der Waals surface area contributed by atoms with Gasteiger partial charge in [0.2, 0.25) is 0 Å². The van der Waals surface area contributed by atoms with Crippen molar-refractivity contribution in [2.24, 2.45) is 0 Å². The summed E-state index contributed by atoms with van der Waals surface area (Å²) in [5.74, 6) is 0.751. The van der Waals surface area contributed by atoms with Gasteiger partial charge in [-0.15, -0.1) is 5.17 Å². The smallest absolute Gasteiger partial charge is 0.158 e. The molecule has 1 aliphatic heterocycles. The van der Waals surface area contributed by atoms with Gasteiger partial charge in [0.05, 0.1) is 6.20 Å². The van der Waals surface area contributed by atoms with Crippen molar-refractivity contribution in [1.29, 1.82) is 0 Å². The maximum atomic E-state index is 5.49. The van der Waals surface area contributed by atoms with E-state index in [2.05, 4.69) is 11.7 Å². The van der Waals surface area contributed by atoms with Crippen molar-refractivity contribution in [3.05, 3.63) is 54.9 Å². The van der Waals surface area contributed by atoms with Gasteiger partial charge in [-0.2, -0.15) is 0 Å². The van der Waals surface area contributed by atoms with Crippen molar-refractivity contribution in [3.8, 4) is 5.75 Å². The number of hydrazine groups is 1. The summed E-state index contributed by atoms with van der Waals surface area (Å²) in [4.78, 5) is 10.3. The van der Waals surface area contributed by atoms with Gasteiger partial charge in [0.15, 0.2) is 5.75 Å². The van der Waals surface area contributed by atoms with Crippen LogP contribution in [0, 0.1) is 0 Å². The van der Waals surface area contributed by atoms with Gasteiger partial charge in [-0.25, -0.2) is 0 Å². The molecule has 1 heterocycles. The fourth-order valence-corrected chi connectivity index (χ4v) is 1.59. The first-order chi connectivity index (χ1) is 7.92. The van der Waals surface area contributed by atoms with Crippen molar-refractivity contribution in [2.45, 2.75) is 0 Å². The highest BCUT2D eigenvalue weighted by molar-refractivity contribution is 5.83. The van der Waals surface area contributed by atoms with E-state index in [1.807, 2.05) is 36.4 Å². The Morgan fingerprint density at radius 1 is 1.06 bits per heavy atom. The van der Waals surface area contributed by atoms with Crippen LogP contribution >= 0.6 is 0 Å². The van der Waals surface area contributed by atoms with Crippen LogP contribution in [0.2, 0.25) is 0 Å². The molecule has 0 saturated heterocycles. The van der Waals surface area contributed by atoms with Crippen molar-refractivity contribution in [3.63, 3.8) is 0 Å². The van der Waals surface area contributed by atoms with Crippen LogP contribution in [-0.4, -0.2) is 5.17 Å². The van der Waals surface area contributed by atoms with Crippen LogP contribution in [0.15, 0.2) is 54.9 Å². The average molecular weight is 214 g/mol. The van der Waals surface area contributed by atoms with Crippen molar-refractivity contribution in [2.75, 3.05) is 0 Å². The Morgan fingerprint density at radius 2 is 1.94 bits per heavy atom. The number of hydroxylamine groups is 1. The van der Waals surface area contributed by atoms with E-state index in [1.165, 1.54) is 16.8 Å². The number of rotatable bonds is 2. The minimum absolute atomic E-state index is 0.751. The molecule has 4 nitrogen and oxygen atoms in total. The predicted molar refractivity (Wildman–Crippen MR) is 59.8 cm³/mol. The van der Waals surface area contributed by atoms with Crippen molar-refractivity contribution >= 4 is 10.8 Å². The molecule has 0 radical (unpaired) electrons. The lowest BCUT2D eigenvalue weighted by Crippen LogP contribution is -2.30. The maximum absolute atomic E-state index is 5.49. The van der Waals surface area contributed by atoms with Gasteiger partial charge in [-0.05, 0) is 28.5 Å². The van der Waals surface area contributed by atoms with Crippen LogP contribution in [0.3, 0.4) is 0 Å². The van der Waals surface area contributed by atoms with Crippen LogP contribution in [0.1, 0.15) is 0 Å². The van der Waals surface area contributed by atoms with E-state index in [-0.39, 0.29) is 0 Å². The van der Waals surface area contributed by atoms with Gasteiger partial charge >= 0.3 is 0 Å². The molecule has 80 valence electrons. The lowest BCUT2D eigenvalue weighted by atomic mass is 10.1. The fourth-order valence-electron chi connectivity index (χ4n) is 1.59. The number of hydrogen-bond donors (Lipinski definition) is 1. The standard InChI is InChI=1S/C12H10N2O2/c1-2-4-11-9-12(6-5-10(11)3-1)16-14-7-8-15-13-14/h1-9,13H. The second-order valence-electron chi connectivity index (χ2n) is 3.42. The lowest BCUT2D eigenvalue weighted by molar-refractivity contribution is -0.132. The molecule has 0 unspecified atom stereocenters. The van der Waals surface area contributed by atoms with Crippen molar-refractivity contribution in [1.82, 2.24) is 10.8 Å². The molecule has 1 N–H and O–H groups in total. The molecule has 0 saturated carbocycles. The van der Waals surface area contributed by atoms with Gasteiger partial charge in [-0.3, -0.25) is 0 Å². The first-order valence-corrected chi connectivity index (χ1v) is 4.96. The van der Waals surface area contributed by atoms with E-state index in [1.54, 1.807) is 6.20 Å². The summed E-state index contributed by atoms with van der Waals surface area (Å²) in [5, 5.41) is 3.73. The minimum atomic E-state index is 0.751. The van der Waals surface area contributed by atoms with E-state index >= 15 is 0 Å². The van der Waals surface area contributed by atoms with E-state index in [0.29, 0.717) is 0 Å². The summed E-state index contributed by atoms with van der Waals surface area (Å²) < 4.78 is 0. The summed E-state index contributed by atoms with van der Waals surface area (Å²) in [6.07, 6.45) is 3.15. The zero-order valence-corrected chi connectivity index (χ0v) is 8.46. The fraction of sp³-hybridized carbons (Fsp3) is 0. The topological polar surface area (TPSA) is 33.7 Å². The number of benzene rings is 2. The molecule has 2 aromatic carbocycles. The number of hydrogen-bond acceptors (Lipinski definition) is 4. The summed E-state index contributed by atoms with van der Waals surface area (Å²) >= 11 is 0. The maximum Gasteiger partial charge on any atom is 0.158 e. The Hall–Kier alpha value is -2.20. The van der Waals surface area contributed by atoms with Crippen LogP contribution < -0.4 is 10.4 Å². The SMILES string of the molecule is C1=CN(Oc2ccc3ccccc3c2)NO1. The second kappa shape index (κ2) is 3.75. The highest BCUT2D eigenvalue weighted by Crippen LogP contribution is 2.21. The minimum Gasteiger partial charge on any atom is -0.392 e. The molecule has 4 heteroatoms. The molecule has 0 atom stereocenters. The van der Waals surface area contributed by atoms with Crippen LogP contribution in [0.25, 0.3) is 10.8 Å². The van der Waals surface area contributed by atoms with E-state index in [4.69, 9.17) is 9.68 Å². The second-order valence-corrected chi connectivity index (χ2v) is 3.42. The van der Waals surface area contributed by atoms with Crippen LogP contribution in [0.5, 0.6) is 5.75 Å². The number of nitrogens with one attached hydrogen (secondary N) is 1. The van der Waals surface area contributed by atoms with E-state index < -0.39 is 0 Å². The highest BCUT2D eigenvalue weighted by Gasteiger charge is 2.06. The van der Waals surface area contributed by atoms with E-state index in [9.17, 15) is 0 Å². The summed E-state index contributed by atoms with van der Waals surface area (Å²) in [7, 11) is 0. The molecule has 0 bridgehead atoms. The van der Waals surface area contributed by atoms with Crippen LogP contribution in [-0.2, 0) is 4.84 Å². The molecule has 3 rings (SSSR count).